The Labute approximate surface area is 94.0 Å². The number of morpholine rings is 1. The Morgan fingerprint density at radius 2 is 1.93 bits per heavy atom. The van der Waals surface area contributed by atoms with Gasteiger partial charge in [-0.3, -0.25) is 4.90 Å². The van der Waals surface area contributed by atoms with E-state index >= 15 is 0 Å². The molecule has 0 aromatic heterocycles. The lowest BCUT2D eigenvalue weighted by Crippen LogP contribution is -2.47. The largest absolute Gasteiger partial charge is 0.373 e. The van der Waals surface area contributed by atoms with Crippen LogP contribution < -0.4 is 5.73 Å². The Bertz CT molecular complexity index is 165. The summed E-state index contributed by atoms with van der Waals surface area (Å²) in [5, 5.41) is 0. The normalized spacial score (nSPS) is 30.4. The zero-order valence-electron chi connectivity index (χ0n) is 10.4. The molecular formula is C12H26N2O. The van der Waals surface area contributed by atoms with Crippen molar-refractivity contribution in [2.45, 2.75) is 45.8 Å². The number of nitrogens with zero attached hydrogens (tertiary/aromatic N) is 1. The first-order chi connectivity index (χ1) is 7.15. The summed E-state index contributed by atoms with van der Waals surface area (Å²) in [4.78, 5) is 2.51. The van der Waals surface area contributed by atoms with E-state index in [4.69, 9.17) is 10.5 Å². The van der Waals surface area contributed by atoms with Crippen LogP contribution in [0.3, 0.4) is 0 Å². The first-order valence-electron chi connectivity index (χ1n) is 6.23. The van der Waals surface area contributed by atoms with Crippen LogP contribution in [0.1, 0.15) is 33.6 Å². The van der Waals surface area contributed by atoms with E-state index in [0.29, 0.717) is 18.1 Å². The second-order valence-electron chi connectivity index (χ2n) is 4.87. The van der Waals surface area contributed by atoms with Crippen molar-refractivity contribution in [1.29, 1.82) is 0 Å². The Morgan fingerprint density at radius 1 is 1.33 bits per heavy atom. The van der Waals surface area contributed by atoms with E-state index in [0.717, 1.165) is 26.2 Å². The summed E-state index contributed by atoms with van der Waals surface area (Å²) in [5.41, 5.74) is 5.79. The lowest BCUT2D eigenvalue weighted by Gasteiger charge is -2.37. The molecule has 1 saturated heterocycles. The molecule has 0 aromatic carbocycles. The molecule has 2 N–H and O–H groups in total. The summed E-state index contributed by atoms with van der Waals surface area (Å²) in [5.74, 6) is 0.660. The molecule has 0 spiro atoms. The van der Waals surface area contributed by atoms with E-state index in [9.17, 15) is 0 Å². The highest BCUT2D eigenvalue weighted by Crippen LogP contribution is 2.14. The van der Waals surface area contributed by atoms with Crippen LogP contribution in [0.25, 0.3) is 0 Å². The van der Waals surface area contributed by atoms with E-state index in [1.54, 1.807) is 0 Å². The van der Waals surface area contributed by atoms with Crippen LogP contribution in [0, 0.1) is 5.92 Å². The van der Waals surface area contributed by atoms with Gasteiger partial charge in [0.15, 0.2) is 0 Å². The number of rotatable bonds is 5. The van der Waals surface area contributed by atoms with Gasteiger partial charge in [-0.25, -0.2) is 0 Å². The molecule has 1 aliphatic heterocycles. The molecule has 15 heavy (non-hydrogen) atoms. The smallest absolute Gasteiger partial charge is 0.0678 e. The quantitative estimate of drug-likeness (QED) is 0.753. The van der Waals surface area contributed by atoms with Gasteiger partial charge in [0.1, 0.15) is 0 Å². The van der Waals surface area contributed by atoms with E-state index in [1.165, 1.54) is 12.8 Å². The first-order valence-corrected chi connectivity index (χ1v) is 6.23. The Morgan fingerprint density at radius 3 is 2.40 bits per heavy atom. The molecule has 0 amide bonds. The third-order valence-corrected chi connectivity index (χ3v) is 3.04. The summed E-state index contributed by atoms with van der Waals surface area (Å²) in [6, 6.07) is 0. The highest BCUT2D eigenvalue weighted by molar-refractivity contribution is 4.75. The maximum atomic E-state index is 5.79. The monoisotopic (exact) mass is 214 g/mol. The van der Waals surface area contributed by atoms with Gasteiger partial charge in [-0.1, -0.05) is 13.3 Å². The Hall–Kier alpha value is -0.120. The first kappa shape index (κ1) is 12.9. The summed E-state index contributed by atoms with van der Waals surface area (Å²) >= 11 is 0. The SMILES string of the molecule is CCCC(CN)CN1CC(C)OC(C)C1. The van der Waals surface area contributed by atoms with Crippen LogP contribution in [-0.4, -0.2) is 43.3 Å². The van der Waals surface area contributed by atoms with Gasteiger partial charge in [0.05, 0.1) is 12.2 Å². The average Bonchev–Trinajstić information content (AvgIpc) is 2.15. The fourth-order valence-corrected chi connectivity index (χ4v) is 2.49. The molecule has 1 heterocycles. The van der Waals surface area contributed by atoms with Crippen LogP contribution in [-0.2, 0) is 4.74 Å². The van der Waals surface area contributed by atoms with Gasteiger partial charge in [-0.15, -0.1) is 0 Å². The van der Waals surface area contributed by atoms with Crippen LogP contribution >= 0.6 is 0 Å². The molecule has 0 bridgehead atoms. The van der Waals surface area contributed by atoms with Crippen molar-refractivity contribution in [3.63, 3.8) is 0 Å². The van der Waals surface area contributed by atoms with Gasteiger partial charge in [-0.2, -0.15) is 0 Å². The highest BCUT2D eigenvalue weighted by Gasteiger charge is 2.23. The lowest BCUT2D eigenvalue weighted by molar-refractivity contribution is -0.0714. The molecular weight excluding hydrogens is 188 g/mol. The molecule has 0 radical (unpaired) electrons. The van der Waals surface area contributed by atoms with Gasteiger partial charge in [0, 0.05) is 19.6 Å². The summed E-state index contributed by atoms with van der Waals surface area (Å²) in [6.07, 6.45) is 3.22. The fraction of sp³-hybridized carbons (Fsp3) is 1.00. The summed E-state index contributed by atoms with van der Waals surface area (Å²) in [7, 11) is 0. The van der Waals surface area contributed by atoms with Gasteiger partial charge < -0.3 is 10.5 Å². The fourth-order valence-electron chi connectivity index (χ4n) is 2.49. The van der Waals surface area contributed by atoms with E-state index in [1.807, 2.05) is 0 Å². The van der Waals surface area contributed by atoms with Crippen molar-refractivity contribution in [2.24, 2.45) is 11.7 Å². The molecule has 0 aromatic rings. The summed E-state index contributed by atoms with van der Waals surface area (Å²) < 4.78 is 5.72. The zero-order valence-corrected chi connectivity index (χ0v) is 10.4. The maximum Gasteiger partial charge on any atom is 0.0678 e. The predicted octanol–water partition coefficient (Wildman–Crippen LogP) is 1.47. The lowest BCUT2D eigenvalue weighted by atomic mass is 10.0. The van der Waals surface area contributed by atoms with Crippen molar-refractivity contribution in [2.75, 3.05) is 26.2 Å². The Kier molecular flexibility index (Phi) is 5.58. The molecule has 1 rings (SSSR count). The van der Waals surface area contributed by atoms with E-state index < -0.39 is 0 Å². The minimum atomic E-state index is 0.369. The second-order valence-corrected chi connectivity index (χ2v) is 4.87. The zero-order chi connectivity index (χ0) is 11.3. The molecule has 1 aliphatic rings. The van der Waals surface area contributed by atoms with Crippen molar-refractivity contribution < 1.29 is 4.74 Å². The number of hydrogen-bond acceptors (Lipinski definition) is 3. The standard InChI is InChI=1S/C12H26N2O/c1-4-5-12(6-13)9-14-7-10(2)15-11(3)8-14/h10-12H,4-9,13H2,1-3H3. The van der Waals surface area contributed by atoms with Gasteiger partial charge >= 0.3 is 0 Å². The molecule has 3 atom stereocenters. The summed E-state index contributed by atoms with van der Waals surface area (Å²) in [6.45, 7) is 10.6. The van der Waals surface area contributed by atoms with Gasteiger partial charge in [0.2, 0.25) is 0 Å². The minimum Gasteiger partial charge on any atom is -0.373 e. The van der Waals surface area contributed by atoms with Crippen molar-refractivity contribution >= 4 is 0 Å². The number of ether oxygens (including phenoxy) is 1. The van der Waals surface area contributed by atoms with Crippen LogP contribution in [0.4, 0.5) is 0 Å². The van der Waals surface area contributed by atoms with E-state index in [2.05, 4.69) is 25.7 Å². The highest BCUT2D eigenvalue weighted by atomic mass is 16.5. The molecule has 3 heteroatoms. The predicted molar refractivity (Wildman–Crippen MR) is 63.9 cm³/mol. The second kappa shape index (κ2) is 6.46. The molecule has 3 nitrogen and oxygen atoms in total. The van der Waals surface area contributed by atoms with Crippen molar-refractivity contribution in [1.82, 2.24) is 4.90 Å². The van der Waals surface area contributed by atoms with Crippen LogP contribution in [0.2, 0.25) is 0 Å². The Balaban J connectivity index is 2.35. The molecule has 1 fully saturated rings. The minimum absolute atomic E-state index is 0.369. The van der Waals surface area contributed by atoms with E-state index in [-0.39, 0.29) is 0 Å². The van der Waals surface area contributed by atoms with Gasteiger partial charge in [0.25, 0.3) is 0 Å². The number of nitrogens with two attached hydrogens (primary N) is 1. The number of hydrogen-bond donors (Lipinski definition) is 1. The van der Waals surface area contributed by atoms with Gasteiger partial charge in [-0.05, 0) is 32.7 Å². The molecule has 90 valence electrons. The van der Waals surface area contributed by atoms with Crippen LogP contribution in [0.5, 0.6) is 0 Å². The maximum absolute atomic E-state index is 5.79. The van der Waals surface area contributed by atoms with Crippen molar-refractivity contribution in [3.8, 4) is 0 Å². The third-order valence-electron chi connectivity index (χ3n) is 3.04. The average molecular weight is 214 g/mol. The molecule has 0 saturated carbocycles. The molecule has 3 unspecified atom stereocenters. The topological polar surface area (TPSA) is 38.5 Å². The van der Waals surface area contributed by atoms with Crippen molar-refractivity contribution in [3.05, 3.63) is 0 Å². The third kappa shape index (κ3) is 4.49. The van der Waals surface area contributed by atoms with Crippen LogP contribution in [0.15, 0.2) is 0 Å². The molecule has 0 aliphatic carbocycles.